The summed E-state index contributed by atoms with van der Waals surface area (Å²) in [5.41, 5.74) is -0.0124. The highest BCUT2D eigenvalue weighted by atomic mass is 35.5. The number of halogens is 2. The Morgan fingerprint density at radius 2 is 2.33 bits per heavy atom. The van der Waals surface area contributed by atoms with Crippen molar-refractivity contribution in [1.29, 1.82) is 0 Å². The standard InChI is InChI=1S/C13H15ClFNO2/c1-8-6-10(4-5-18-8)16-13(17)11-7-9(14)2-3-12(11)15/h2-3,7-8,10H,4-6H2,1H3,(H,16,17). The third-order valence-electron chi connectivity index (χ3n) is 2.99. The van der Waals surface area contributed by atoms with Gasteiger partial charge in [-0.15, -0.1) is 0 Å². The van der Waals surface area contributed by atoms with Gasteiger partial charge in [-0.2, -0.15) is 0 Å². The van der Waals surface area contributed by atoms with E-state index in [9.17, 15) is 9.18 Å². The van der Waals surface area contributed by atoms with E-state index >= 15 is 0 Å². The molecule has 1 fully saturated rings. The van der Waals surface area contributed by atoms with Crippen LogP contribution >= 0.6 is 11.6 Å². The van der Waals surface area contributed by atoms with Crippen molar-refractivity contribution in [2.45, 2.75) is 31.9 Å². The van der Waals surface area contributed by atoms with E-state index in [0.717, 1.165) is 12.8 Å². The lowest BCUT2D eigenvalue weighted by Gasteiger charge is -2.28. The maximum absolute atomic E-state index is 13.5. The maximum Gasteiger partial charge on any atom is 0.254 e. The van der Waals surface area contributed by atoms with E-state index in [-0.39, 0.29) is 17.7 Å². The Balaban J connectivity index is 2.05. The first-order valence-corrected chi connectivity index (χ1v) is 6.31. The quantitative estimate of drug-likeness (QED) is 0.898. The average molecular weight is 272 g/mol. The second-order valence-electron chi connectivity index (χ2n) is 4.50. The van der Waals surface area contributed by atoms with Crippen LogP contribution in [0.2, 0.25) is 5.02 Å². The van der Waals surface area contributed by atoms with Gasteiger partial charge in [0.2, 0.25) is 0 Å². The third-order valence-corrected chi connectivity index (χ3v) is 3.23. The molecule has 98 valence electrons. The van der Waals surface area contributed by atoms with Gasteiger partial charge in [-0.3, -0.25) is 4.79 Å². The zero-order chi connectivity index (χ0) is 13.1. The molecular weight excluding hydrogens is 257 g/mol. The molecule has 18 heavy (non-hydrogen) atoms. The summed E-state index contributed by atoms with van der Waals surface area (Å²) in [5, 5.41) is 3.17. The van der Waals surface area contributed by atoms with Gasteiger partial charge >= 0.3 is 0 Å². The van der Waals surface area contributed by atoms with Crippen LogP contribution in [-0.2, 0) is 4.74 Å². The molecule has 1 aromatic carbocycles. The van der Waals surface area contributed by atoms with Gasteiger partial charge in [0.05, 0.1) is 11.7 Å². The molecular formula is C13H15ClFNO2. The van der Waals surface area contributed by atoms with Crippen LogP contribution in [0.25, 0.3) is 0 Å². The van der Waals surface area contributed by atoms with E-state index < -0.39 is 11.7 Å². The fourth-order valence-electron chi connectivity index (χ4n) is 2.06. The van der Waals surface area contributed by atoms with Gasteiger partial charge in [0, 0.05) is 17.7 Å². The molecule has 1 heterocycles. The Morgan fingerprint density at radius 1 is 1.56 bits per heavy atom. The van der Waals surface area contributed by atoms with E-state index in [2.05, 4.69) is 5.32 Å². The lowest BCUT2D eigenvalue weighted by Crippen LogP contribution is -2.41. The summed E-state index contributed by atoms with van der Waals surface area (Å²) in [6, 6.07) is 3.99. The fourth-order valence-corrected chi connectivity index (χ4v) is 2.24. The molecule has 3 nitrogen and oxygen atoms in total. The Hall–Kier alpha value is -1.13. The number of nitrogens with one attached hydrogen (secondary N) is 1. The van der Waals surface area contributed by atoms with Crippen LogP contribution in [0.4, 0.5) is 4.39 Å². The molecule has 0 radical (unpaired) electrons. The molecule has 1 aliphatic heterocycles. The number of ether oxygens (including phenoxy) is 1. The third kappa shape index (κ3) is 3.21. The number of hydrogen-bond donors (Lipinski definition) is 1. The fraction of sp³-hybridized carbons (Fsp3) is 0.462. The molecule has 0 saturated carbocycles. The maximum atomic E-state index is 13.5. The Labute approximate surface area is 110 Å². The van der Waals surface area contributed by atoms with Crippen LogP contribution in [0.1, 0.15) is 30.1 Å². The molecule has 1 amide bonds. The van der Waals surface area contributed by atoms with Gasteiger partial charge in [0.1, 0.15) is 5.82 Å². The van der Waals surface area contributed by atoms with Crippen molar-refractivity contribution < 1.29 is 13.9 Å². The van der Waals surface area contributed by atoms with E-state index in [1.165, 1.54) is 18.2 Å². The normalized spacial score (nSPS) is 23.7. The highest BCUT2D eigenvalue weighted by Crippen LogP contribution is 2.17. The van der Waals surface area contributed by atoms with Crippen LogP contribution in [0, 0.1) is 5.82 Å². The Bertz CT molecular complexity index is 453. The number of carbonyl (C=O) groups excluding carboxylic acids is 1. The van der Waals surface area contributed by atoms with E-state index in [1.807, 2.05) is 6.92 Å². The van der Waals surface area contributed by atoms with Crippen molar-refractivity contribution in [3.63, 3.8) is 0 Å². The molecule has 0 aliphatic carbocycles. The van der Waals surface area contributed by atoms with E-state index in [0.29, 0.717) is 11.6 Å². The first-order chi connectivity index (χ1) is 8.56. The van der Waals surface area contributed by atoms with Gasteiger partial charge < -0.3 is 10.1 Å². The van der Waals surface area contributed by atoms with Crippen molar-refractivity contribution in [2.24, 2.45) is 0 Å². The lowest BCUT2D eigenvalue weighted by molar-refractivity contribution is 0.0136. The highest BCUT2D eigenvalue weighted by Gasteiger charge is 2.22. The second kappa shape index (κ2) is 5.67. The molecule has 2 unspecified atom stereocenters. The lowest BCUT2D eigenvalue weighted by atomic mass is 10.0. The van der Waals surface area contributed by atoms with Crippen LogP contribution in [-0.4, -0.2) is 24.7 Å². The zero-order valence-corrected chi connectivity index (χ0v) is 10.8. The summed E-state index contributed by atoms with van der Waals surface area (Å²) in [5.74, 6) is -0.980. The van der Waals surface area contributed by atoms with Gasteiger partial charge in [-0.1, -0.05) is 11.6 Å². The second-order valence-corrected chi connectivity index (χ2v) is 4.94. The molecule has 1 aliphatic rings. The van der Waals surface area contributed by atoms with Crippen molar-refractivity contribution in [2.75, 3.05) is 6.61 Å². The number of rotatable bonds is 2. The molecule has 1 saturated heterocycles. The number of amides is 1. The highest BCUT2D eigenvalue weighted by molar-refractivity contribution is 6.31. The molecule has 0 bridgehead atoms. The summed E-state index contributed by atoms with van der Waals surface area (Å²) in [7, 11) is 0. The molecule has 1 aromatic rings. The minimum Gasteiger partial charge on any atom is -0.378 e. The minimum atomic E-state index is -0.558. The SMILES string of the molecule is CC1CC(NC(=O)c2cc(Cl)ccc2F)CCO1. The summed E-state index contributed by atoms with van der Waals surface area (Å²) in [6.07, 6.45) is 1.61. The topological polar surface area (TPSA) is 38.3 Å². The van der Waals surface area contributed by atoms with Gasteiger partial charge in [0.25, 0.3) is 5.91 Å². The molecule has 2 atom stereocenters. The largest absolute Gasteiger partial charge is 0.378 e. The van der Waals surface area contributed by atoms with Crippen molar-refractivity contribution in [1.82, 2.24) is 5.32 Å². The molecule has 0 spiro atoms. The molecule has 1 N–H and O–H groups in total. The predicted octanol–water partition coefficient (Wildman–Crippen LogP) is 2.78. The first-order valence-electron chi connectivity index (χ1n) is 5.94. The summed E-state index contributed by atoms with van der Waals surface area (Å²) >= 11 is 5.76. The van der Waals surface area contributed by atoms with Gasteiger partial charge in [-0.25, -0.2) is 4.39 Å². The van der Waals surface area contributed by atoms with Gasteiger partial charge in [0.15, 0.2) is 0 Å². The van der Waals surface area contributed by atoms with Gasteiger partial charge in [-0.05, 0) is 38.0 Å². The number of benzene rings is 1. The van der Waals surface area contributed by atoms with Crippen molar-refractivity contribution in [3.8, 4) is 0 Å². The summed E-state index contributed by atoms with van der Waals surface area (Å²) in [6.45, 7) is 2.57. The smallest absolute Gasteiger partial charge is 0.254 e. The molecule has 0 aromatic heterocycles. The summed E-state index contributed by atoms with van der Waals surface area (Å²) < 4.78 is 18.9. The Morgan fingerprint density at radius 3 is 3.06 bits per heavy atom. The van der Waals surface area contributed by atoms with Crippen LogP contribution < -0.4 is 5.32 Å². The zero-order valence-electron chi connectivity index (χ0n) is 10.1. The van der Waals surface area contributed by atoms with E-state index in [4.69, 9.17) is 16.3 Å². The first kappa shape index (κ1) is 13.3. The van der Waals surface area contributed by atoms with Crippen molar-refractivity contribution >= 4 is 17.5 Å². The molecule has 2 rings (SSSR count). The number of hydrogen-bond acceptors (Lipinski definition) is 2. The molecule has 5 heteroatoms. The minimum absolute atomic E-state index is 0.0124. The Kier molecular flexibility index (Phi) is 4.19. The van der Waals surface area contributed by atoms with Crippen molar-refractivity contribution in [3.05, 3.63) is 34.6 Å². The average Bonchev–Trinajstić information content (AvgIpc) is 2.32. The van der Waals surface area contributed by atoms with E-state index in [1.54, 1.807) is 0 Å². The monoisotopic (exact) mass is 271 g/mol. The predicted molar refractivity (Wildman–Crippen MR) is 67.3 cm³/mol. The van der Waals surface area contributed by atoms with Crippen LogP contribution in [0.3, 0.4) is 0 Å². The number of carbonyl (C=O) groups is 1. The van der Waals surface area contributed by atoms with Crippen LogP contribution in [0.5, 0.6) is 0 Å². The van der Waals surface area contributed by atoms with Crippen LogP contribution in [0.15, 0.2) is 18.2 Å². The summed E-state index contributed by atoms with van der Waals surface area (Å²) in [4.78, 5) is 11.9.